The Morgan fingerprint density at radius 2 is 1.52 bits per heavy atom. The van der Waals surface area contributed by atoms with Gasteiger partial charge in [-0.05, 0) is 0 Å². The molecule has 1 aromatic heterocycles. The van der Waals surface area contributed by atoms with Crippen LogP contribution in [-0.4, -0.2) is 11.9 Å². The number of rotatable bonds is 5. The van der Waals surface area contributed by atoms with Crippen molar-refractivity contribution in [3.8, 4) is 5.69 Å². The summed E-state index contributed by atoms with van der Waals surface area (Å²) in [7, 11) is -3.97. The summed E-state index contributed by atoms with van der Waals surface area (Å²) >= 11 is -3.27. The third-order valence-corrected chi connectivity index (χ3v) is 8.84. The summed E-state index contributed by atoms with van der Waals surface area (Å²) in [5.41, 5.74) is 1.86. The first-order chi connectivity index (χ1) is 12.0. The van der Waals surface area contributed by atoms with Crippen LogP contribution in [-0.2, 0) is 12.6 Å². The van der Waals surface area contributed by atoms with E-state index < -0.39 is 30.8 Å². The van der Waals surface area contributed by atoms with Gasteiger partial charge in [-0.1, -0.05) is 0 Å². The zero-order chi connectivity index (χ0) is 17.9. The number of halogens is 1. The number of hydrogen-bond acceptors (Lipinski definition) is 4. The Balaban J connectivity index is 1.77. The molecule has 0 amide bonds. The van der Waals surface area contributed by atoms with Crippen molar-refractivity contribution in [2.24, 2.45) is 0 Å². The van der Waals surface area contributed by atoms with E-state index in [2.05, 4.69) is 0 Å². The standard InChI is InChI=1S/C18H17INO4S/c1-15-5-11-18(12-6-15)25(22,23)24-19(21)16-7-9-17(10-8-16)20-13-3-2-4-14-20/h2-14,21H,1H3/q+1. The Morgan fingerprint density at radius 1 is 0.920 bits per heavy atom. The average molecular weight is 470 g/mol. The van der Waals surface area contributed by atoms with Crippen LogP contribution in [0.5, 0.6) is 0 Å². The predicted octanol–water partition coefficient (Wildman–Crippen LogP) is 3.18. The fourth-order valence-electron chi connectivity index (χ4n) is 2.15. The molecule has 130 valence electrons. The molecule has 0 saturated heterocycles. The van der Waals surface area contributed by atoms with Gasteiger partial charge in [0, 0.05) is 0 Å². The van der Waals surface area contributed by atoms with Crippen molar-refractivity contribution >= 4 is 30.8 Å². The molecule has 0 atom stereocenters. The molecule has 0 radical (unpaired) electrons. The van der Waals surface area contributed by atoms with Crippen molar-refractivity contribution in [3.05, 3.63) is 88.3 Å². The van der Waals surface area contributed by atoms with Crippen molar-refractivity contribution in [1.29, 1.82) is 0 Å². The second-order valence-electron chi connectivity index (χ2n) is 5.32. The summed E-state index contributed by atoms with van der Waals surface area (Å²) in [5.74, 6) is 0. The van der Waals surface area contributed by atoms with Crippen LogP contribution < -0.4 is 4.57 Å². The van der Waals surface area contributed by atoms with Gasteiger partial charge in [0.25, 0.3) is 0 Å². The second kappa shape index (κ2) is 7.61. The van der Waals surface area contributed by atoms with Crippen LogP contribution in [0, 0.1) is 10.5 Å². The van der Waals surface area contributed by atoms with Gasteiger partial charge in [0.15, 0.2) is 0 Å². The topological polar surface area (TPSA) is 67.5 Å². The molecule has 0 bridgehead atoms. The molecule has 7 heteroatoms. The van der Waals surface area contributed by atoms with Gasteiger partial charge in [0.1, 0.15) is 0 Å². The normalized spacial score (nSPS) is 12.0. The maximum atomic E-state index is 12.3. The molecule has 0 aliphatic heterocycles. The van der Waals surface area contributed by atoms with Crippen molar-refractivity contribution in [1.82, 2.24) is 0 Å². The van der Waals surface area contributed by atoms with E-state index in [4.69, 9.17) is 2.51 Å². The van der Waals surface area contributed by atoms with Gasteiger partial charge in [0.2, 0.25) is 0 Å². The molecular formula is C18H17INO4S+. The molecule has 0 unspecified atom stereocenters. The first-order valence-electron chi connectivity index (χ1n) is 7.43. The molecule has 0 fully saturated rings. The van der Waals surface area contributed by atoms with Gasteiger partial charge in [0.05, 0.1) is 0 Å². The van der Waals surface area contributed by atoms with E-state index in [9.17, 15) is 11.9 Å². The van der Waals surface area contributed by atoms with Crippen molar-refractivity contribution in [2.75, 3.05) is 0 Å². The Bertz CT molecular complexity index is 943. The van der Waals surface area contributed by atoms with Crippen molar-refractivity contribution in [2.45, 2.75) is 11.8 Å². The Morgan fingerprint density at radius 3 is 2.12 bits per heavy atom. The van der Waals surface area contributed by atoms with Gasteiger partial charge in [-0.2, -0.15) is 0 Å². The number of pyridine rings is 1. The monoisotopic (exact) mass is 470 g/mol. The van der Waals surface area contributed by atoms with Crippen LogP contribution >= 0.6 is 20.6 Å². The summed E-state index contributed by atoms with van der Waals surface area (Å²) in [6.07, 6.45) is 3.81. The van der Waals surface area contributed by atoms with Gasteiger partial charge >= 0.3 is 155 Å². The van der Waals surface area contributed by atoms with E-state index in [0.717, 1.165) is 11.3 Å². The fraction of sp³-hybridized carbons (Fsp3) is 0.0556. The number of aromatic nitrogens is 1. The van der Waals surface area contributed by atoms with Crippen LogP contribution in [0.15, 0.2) is 84.0 Å². The minimum atomic E-state index is -3.97. The van der Waals surface area contributed by atoms with Crippen LogP contribution in [0.3, 0.4) is 0 Å². The van der Waals surface area contributed by atoms with E-state index in [0.29, 0.717) is 3.57 Å². The van der Waals surface area contributed by atoms with Gasteiger partial charge in [-0.25, -0.2) is 0 Å². The molecule has 0 spiro atoms. The van der Waals surface area contributed by atoms with Gasteiger partial charge in [-0.15, -0.1) is 0 Å². The second-order valence-corrected chi connectivity index (χ2v) is 10.5. The minimum absolute atomic E-state index is 0.0471. The summed E-state index contributed by atoms with van der Waals surface area (Å²) in [4.78, 5) is 0.0471. The summed E-state index contributed by atoms with van der Waals surface area (Å²) in [6, 6.07) is 19.1. The average Bonchev–Trinajstić information content (AvgIpc) is 2.62. The number of nitrogens with zero attached hydrogens (tertiary/aromatic N) is 1. The van der Waals surface area contributed by atoms with Crippen LogP contribution in [0.25, 0.3) is 5.69 Å². The Kier molecular flexibility index (Phi) is 5.48. The first kappa shape index (κ1) is 18.0. The van der Waals surface area contributed by atoms with E-state index in [1.54, 1.807) is 24.3 Å². The molecule has 5 nitrogen and oxygen atoms in total. The SMILES string of the molecule is Cc1ccc(S(=O)(=O)OI(O)c2ccc(-[n+]3ccccc3)cc2)cc1. The predicted molar refractivity (Wildman–Crippen MR) is 102 cm³/mol. The third-order valence-electron chi connectivity index (χ3n) is 3.48. The molecule has 1 N–H and O–H groups in total. The summed E-state index contributed by atoms with van der Waals surface area (Å²) in [5, 5.41) is 0. The van der Waals surface area contributed by atoms with Crippen LogP contribution in [0.1, 0.15) is 5.56 Å². The number of hydrogen-bond donors (Lipinski definition) is 1. The molecular weight excluding hydrogens is 453 g/mol. The Labute approximate surface area is 155 Å². The van der Waals surface area contributed by atoms with E-state index in [1.165, 1.54) is 12.1 Å². The number of aryl methyl sites for hydroxylation is 1. The summed E-state index contributed by atoms with van der Waals surface area (Å²) in [6.45, 7) is 1.87. The molecule has 25 heavy (non-hydrogen) atoms. The first-order valence-corrected chi connectivity index (χ1v) is 11.8. The molecule has 1 heterocycles. The maximum absolute atomic E-state index is 12.3. The van der Waals surface area contributed by atoms with Gasteiger partial charge in [-0.3, -0.25) is 0 Å². The van der Waals surface area contributed by atoms with E-state index >= 15 is 0 Å². The summed E-state index contributed by atoms with van der Waals surface area (Å²) < 4.78 is 42.3. The van der Waals surface area contributed by atoms with Crippen LogP contribution in [0.4, 0.5) is 0 Å². The zero-order valence-corrected chi connectivity index (χ0v) is 16.4. The molecule has 3 aromatic rings. The van der Waals surface area contributed by atoms with Crippen LogP contribution in [0.2, 0.25) is 0 Å². The molecule has 0 aliphatic rings. The third kappa shape index (κ3) is 4.43. The van der Waals surface area contributed by atoms with E-state index in [-0.39, 0.29) is 4.90 Å². The van der Waals surface area contributed by atoms with Crippen molar-refractivity contribution < 1.29 is 18.9 Å². The fourth-order valence-corrected chi connectivity index (χ4v) is 6.49. The zero-order valence-electron chi connectivity index (χ0n) is 13.4. The Hall–Kier alpha value is -1.81. The number of benzene rings is 2. The molecule has 3 rings (SSSR count). The molecule has 0 saturated carbocycles. The molecule has 0 aliphatic carbocycles. The van der Waals surface area contributed by atoms with Gasteiger partial charge < -0.3 is 0 Å². The van der Waals surface area contributed by atoms with E-state index in [1.807, 2.05) is 54.2 Å². The molecule has 2 aromatic carbocycles. The van der Waals surface area contributed by atoms with Crippen molar-refractivity contribution in [3.63, 3.8) is 0 Å². The quantitative estimate of drug-likeness (QED) is 0.460.